The van der Waals surface area contributed by atoms with Crippen molar-refractivity contribution in [3.63, 3.8) is 0 Å². The molecule has 0 bridgehead atoms. The molecule has 0 nitrogen and oxygen atoms in total. The lowest BCUT2D eigenvalue weighted by atomic mass is 10.1. The van der Waals surface area contributed by atoms with Crippen LogP contribution in [0.2, 0.25) is 0 Å². The predicted molar refractivity (Wildman–Crippen MR) is 187 cm³/mol. The molecule has 4 aromatic carbocycles. The molecule has 0 atom stereocenters. The average Bonchev–Trinajstić information content (AvgIpc) is 3.81. The number of hydrogen-bond acceptors (Lipinski definition) is 6. The van der Waals surface area contributed by atoms with Crippen LogP contribution in [0.1, 0.15) is 0 Å². The van der Waals surface area contributed by atoms with Gasteiger partial charge in [-0.1, -0.05) is 36.4 Å². The molecule has 0 aliphatic heterocycles. The Morgan fingerprint density at radius 3 is 1.23 bits per heavy atom. The first-order chi connectivity index (χ1) is 19.8. The molecule has 0 radical (unpaired) electrons. The largest absolute Gasteiger partial charge is 0.144 e. The minimum Gasteiger partial charge on any atom is -0.144 e. The highest BCUT2D eigenvalue weighted by Crippen LogP contribution is 2.49. The second kappa shape index (κ2) is 8.23. The molecule has 10 rings (SSSR count). The summed E-state index contributed by atoms with van der Waals surface area (Å²) < 4.78 is 11.3. The van der Waals surface area contributed by atoms with Gasteiger partial charge in [0.25, 0.3) is 0 Å². The Labute approximate surface area is 252 Å². The Balaban J connectivity index is 1.16. The smallest absolute Gasteiger partial charge is 0.0542 e. The van der Waals surface area contributed by atoms with Crippen LogP contribution in [0.15, 0.2) is 95.7 Å². The third-order valence-electron chi connectivity index (χ3n) is 7.85. The van der Waals surface area contributed by atoms with E-state index >= 15 is 0 Å². The highest BCUT2D eigenvalue weighted by atomic mass is 32.1. The van der Waals surface area contributed by atoms with Gasteiger partial charge >= 0.3 is 0 Å². The molecule has 0 N–H and O–H groups in total. The minimum atomic E-state index is 1.32. The zero-order chi connectivity index (χ0) is 25.9. The monoisotopic (exact) mass is 616 g/mol. The molecule has 40 heavy (non-hydrogen) atoms. The molecule has 188 valence electrons. The molecule has 0 saturated carbocycles. The van der Waals surface area contributed by atoms with E-state index in [0.29, 0.717) is 0 Å². The first kappa shape index (κ1) is 22.6. The first-order valence-electron chi connectivity index (χ1n) is 13.0. The minimum absolute atomic E-state index is 1.32. The van der Waals surface area contributed by atoms with Crippen molar-refractivity contribution in [2.45, 2.75) is 0 Å². The van der Waals surface area contributed by atoms with Crippen molar-refractivity contribution in [2.24, 2.45) is 0 Å². The number of thiophene rings is 6. The number of rotatable bonds is 2. The lowest BCUT2D eigenvalue weighted by Gasteiger charge is -2.01. The molecule has 0 fully saturated rings. The van der Waals surface area contributed by atoms with Gasteiger partial charge in [-0.3, -0.25) is 0 Å². The fourth-order valence-electron chi connectivity index (χ4n) is 5.95. The number of benzene rings is 4. The van der Waals surface area contributed by atoms with E-state index in [1.54, 1.807) is 0 Å². The van der Waals surface area contributed by atoms with Crippen molar-refractivity contribution in [3.8, 4) is 20.9 Å². The summed E-state index contributed by atoms with van der Waals surface area (Å²) in [5.41, 5.74) is 2.64. The van der Waals surface area contributed by atoms with E-state index in [1.807, 2.05) is 68.0 Å². The Bertz CT molecular complexity index is 2400. The second-order valence-electron chi connectivity index (χ2n) is 10.1. The molecule has 0 aliphatic carbocycles. The summed E-state index contributed by atoms with van der Waals surface area (Å²) in [6, 6.07) is 32.4. The summed E-state index contributed by atoms with van der Waals surface area (Å²) in [4.78, 5) is 2.68. The van der Waals surface area contributed by atoms with Crippen LogP contribution < -0.4 is 0 Å². The van der Waals surface area contributed by atoms with E-state index in [4.69, 9.17) is 0 Å². The van der Waals surface area contributed by atoms with Crippen molar-refractivity contribution < 1.29 is 0 Å². The summed E-state index contributed by atoms with van der Waals surface area (Å²) in [6.45, 7) is 0. The molecular weight excluding hydrogens is 601 g/mol. The number of fused-ring (bicyclic) bond motifs is 11. The molecule has 0 amide bonds. The third-order valence-corrected chi connectivity index (χ3v) is 14.7. The van der Waals surface area contributed by atoms with Gasteiger partial charge in [0.2, 0.25) is 0 Å². The van der Waals surface area contributed by atoms with Gasteiger partial charge in [0.1, 0.15) is 0 Å². The van der Waals surface area contributed by atoms with E-state index in [2.05, 4.69) is 95.7 Å². The summed E-state index contributed by atoms with van der Waals surface area (Å²) in [5, 5.41) is 12.6. The highest BCUT2D eigenvalue weighted by molar-refractivity contribution is 7.37. The Kier molecular flexibility index (Phi) is 4.64. The summed E-state index contributed by atoms with van der Waals surface area (Å²) in [5.74, 6) is 0. The lowest BCUT2D eigenvalue weighted by Crippen LogP contribution is -1.73. The third kappa shape index (κ3) is 3.15. The SMILES string of the molecule is c1csc(-c2ccc3c(c2)sc2c4cc5cc6sc7c8ccc(-c9cccs9)cc8sc7c6cc5cc4sc32)c1. The van der Waals surface area contributed by atoms with Gasteiger partial charge in [-0.05, 0) is 81.2 Å². The number of hydrogen-bond donors (Lipinski definition) is 0. The van der Waals surface area contributed by atoms with Crippen LogP contribution in [0.25, 0.3) is 90.8 Å². The van der Waals surface area contributed by atoms with Crippen LogP contribution in [0.3, 0.4) is 0 Å². The molecule has 0 unspecified atom stereocenters. The second-order valence-corrected chi connectivity index (χ2v) is 16.2. The molecular formula is C34H16S6. The van der Waals surface area contributed by atoms with Gasteiger partial charge < -0.3 is 0 Å². The fraction of sp³-hybridized carbons (Fsp3) is 0. The van der Waals surface area contributed by atoms with E-state index in [-0.39, 0.29) is 0 Å². The van der Waals surface area contributed by atoms with Gasteiger partial charge in [0.15, 0.2) is 0 Å². The van der Waals surface area contributed by atoms with Crippen molar-refractivity contribution in [1.82, 2.24) is 0 Å². The van der Waals surface area contributed by atoms with Crippen LogP contribution >= 0.6 is 68.0 Å². The summed E-state index contributed by atoms with van der Waals surface area (Å²) >= 11 is 11.4. The van der Waals surface area contributed by atoms with E-state index in [0.717, 1.165) is 0 Å². The van der Waals surface area contributed by atoms with E-state index < -0.39 is 0 Å². The Morgan fingerprint density at radius 1 is 0.375 bits per heavy atom. The molecule has 0 aliphatic rings. The fourth-order valence-corrected chi connectivity index (χ4v) is 12.8. The Morgan fingerprint density at radius 2 is 0.800 bits per heavy atom. The first-order valence-corrected chi connectivity index (χ1v) is 18.0. The molecule has 0 spiro atoms. The van der Waals surface area contributed by atoms with E-state index in [1.165, 1.54) is 90.8 Å². The Hall–Kier alpha value is -3.10. The molecule has 6 heteroatoms. The normalized spacial score (nSPS) is 12.5. The summed E-state index contributed by atoms with van der Waals surface area (Å²) in [6.07, 6.45) is 0. The highest BCUT2D eigenvalue weighted by Gasteiger charge is 2.17. The van der Waals surface area contributed by atoms with Gasteiger partial charge in [0.05, 0.1) is 18.8 Å². The standard InChI is InChI=1S/C34H16S6/c1-3-25(35-9-1)17-5-7-21-27(13-17)37-33-23-11-19-16-30-24(12-20(19)15-29(23)39-31(21)33)34-32(40-30)22-8-6-18(14-28(22)38-34)26-4-2-10-36-26/h1-16H. The maximum absolute atomic E-state index is 2.44. The lowest BCUT2D eigenvalue weighted by molar-refractivity contribution is 1.81. The van der Waals surface area contributed by atoms with Gasteiger partial charge in [-0.2, -0.15) is 0 Å². The maximum Gasteiger partial charge on any atom is 0.0542 e. The predicted octanol–water partition coefficient (Wildman–Crippen LogP) is 13.5. The summed E-state index contributed by atoms with van der Waals surface area (Å²) in [7, 11) is 0. The van der Waals surface area contributed by atoms with Gasteiger partial charge in [-0.15, -0.1) is 68.0 Å². The zero-order valence-electron chi connectivity index (χ0n) is 20.7. The quantitative estimate of drug-likeness (QED) is 0.181. The van der Waals surface area contributed by atoms with Crippen LogP contribution in [0.4, 0.5) is 0 Å². The molecule has 0 saturated heterocycles. The zero-order valence-corrected chi connectivity index (χ0v) is 25.6. The van der Waals surface area contributed by atoms with Crippen LogP contribution in [-0.4, -0.2) is 0 Å². The maximum atomic E-state index is 2.44. The van der Waals surface area contributed by atoms with Crippen molar-refractivity contribution in [3.05, 3.63) is 95.7 Å². The van der Waals surface area contributed by atoms with Gasteiger partial charge in [0, 0.05) is 50.1 Å². The van der Waals surface area contributed by atoms with Crippen molar-refractivity contribution >= 4 is 138 Å². The topological polar surface area (TPSA) is 0 Å². The van der Waals surface area contributed by atoms with Crippen LogP contribution in [0, 0.1) is 0 Å². The molecule has 6 aromatic heterocycles. The van der Waals surface area contributed by atoms with Gasteiger partial charge in [-0.25, -0.2) is 0 Å². The van der Waals surface area contributed by atoms with Crippen molar-refractivity contribution in [1.29, 1.82) is 0 Å². The van der Waals surface area contributed by atoms with Crippen molar-refractivity contribution in [2.75, 3.05) is 0 Å². The molecule has 10 aromatic rings. The molecule has 6 heterocycles. The average molecular weight is 617 g/mol. The van der Waals surface area contributed by atoms with Crippen LogP contribution in [0.5, 0.6) is 0 Å². The van der Waals surface area contributed by atoms with Crippen LogP contribution in [-0.2, 0) is 0 Å². The van der Waals surface area contributed by atoms with E-state index in [9.17, 15) is 0 Å².